The Balaban J connectivity index is 2.43. The lowest BCUT2D eigenvalue weighted by Crippen LogP contribution is -2.70. The number of nitrogens with zero attached hydrogens (tertiary/aromatic N) is 3. The van der Waals surface area contributed by atoms with E-state index in [0.717, 1.165) is 18.5 Å². The molecule has 0 fully saturated rings. The SMILES string of the molecule is C=CC1(CC)[n+]2ccccc2-c2cc(C(C)(C)C)nn2C1(C)CC. The van der Waals surface area contributed by atoms with E-state index >= 15 is 0 Å². The van der Waals surface area contributed by atoms with Gasteiger partial charge < -0.3 is 0 Å². The summed E-state index contributed by atoms with van der Waals surface area (Å²) in [5.41, 5.74) is 3.25. The first-order valence-corrected chi connectivity index (χ1v) is 9.01. The fourth-order valence-corrected chi connectivity index (χ4v) is 4.22. The summed E-state index contributed by atoms with van der Waals surface area (Å²) in [6.45, 7) is 17.7. The molecular formula is C21H30N3+. The highest BCUT2D eigenvalue weighted by Crippen LogP contribution is 2.46. The molecule has 3 heteroatoms. The Bertz CT molecular complexity index is 781. The molecule has 2 atom stereocenters. The predicted molar refractivity (Wildman–Crippen MR) is 99.0 cm³/mol. The Morgan fingerprint density at radius 3 is 2.50 bits per heavy atom. The third-order valence-corrected chi connectivity index (χ3v) is 6.00. The number of hydrogen-bond donors (Lipinski definition) is 0. The van der Waals surface area contributed by atoms with Crippen LogP contribution in [0.4, 0.5) is 0 Å². The molecule has 0 aliphatic carbocycles. The van der Waals surface area contributed by atoms with Gasteiger partial charge in [-0.05, 0) is 31.6 Å². The van der Waals surface area contributed by atoms with Gasteiger partial charge in [0.05, 0.1) is 5.69 Å². The molecule has 3 nitrogen and oxygen atoms in total. The summed E-state index contributed by atoms with van der Waals surface area (Å²) in [4.78, 5) is 0. The normalized spacial score (nSPS) is 25.9. The van der Waals surface area contributed by atoms with Crippen LogP contribution in [0, 0.1) is 0 Å². The van der Waals surface area contributed by atoms with Gasteiger partial charge in [-0.25, -0.2) is 4.68 Å². The number of fused-ring (bicyclic) bond motifs is 3. The van der Waals surface area contributed by atoms with Crippen LogP contribution in [0.3, 0.4) is 0 Å². The van der Waals surface area contributed by atoms with Crippen molar-refractivity contribution in [2.24, 2.45) is 0 Å². The maximum Gasteiger partial charge on any atom is 0.231 e. The molecule has 128 valence electrons. The van der Waals surface area contributed by atoms with Crippen molar-refractivity contribution in [1.82, 2.24) is 9.78 Å². The summed E-state index contributed by atoms with van der Waals surface area (Å²) in [5, 5.41) is 5.09. The number of pyridine rings is 1. The van der Waals surface area contributed by atoms with E-state index in [1.165, 1.54) is 11.4 Å². The maximum atomic E-state index is 5.09. The van der Waals surface area contributed by atoms with Gasteiger partial charge in [0.1, 0.15) is 11.2 Å². The highest BCUT2D eigenvalue weighted by Gasteiger charge is 2.58. The Morgan fingerprint density at radius 1 is 1.25 bits per heavy atom. The van der Waals surface area contributed by atoms with Crippen molar-refractivity contribution in [3.63, 3.8) is 0 Å². The molecule has 2 aromatic heterocycles. The van der Waals surface area contributed by atoms with Gasteiger partial charge in [-0.2, -0.15) is 9.67 Å². The van der Waals surface area contributed by atoms with E-state index in [9.17, 15) is 0 Å². The first kappa shape index (κ1) is 16.9. The summed E-state index contributed by atoms with van der Waals surface area (Å²) >= 11 is 0. The Hall–Kier alpha value is -1.90. The molecule has 1 aliphatic rings. The van der Waals surface area contributed by atoms with Gasteiger partial charge >= 0.3 is 0 Å². The predicted octanol–water partition coefficient (Wildman–Crippen LogP) is 4.57. The minimum atomic E-state index is -0.188. The summed E-state index contributed by atoms with van der Waals surface area (Å²) in [6, 6.07) is 8.69. The molecule has 24 heavy (non-hydrogen) atoms. The molecule has 0 saturated heterocycles. The van der Waals surface area contributed by atoms with Crippen LogP contribution in [-0.2, 0) is 16.5 Å². The van der Waals surface area contributed by atoms with Crippen molar-refractivity contribution >= 4 is 0 Å². The molecule has 0 amide bonds. The van der Waals surface area contributed by atoms with E-state index in [4.69, 9.17) is 5.10 Å². The highest BCUT2D eigenvalue weighted by molar-refractivity contribution is 5.55. The minimum Gasteiger partial charge on any atom is -0.245 e. The number of hydrogen-bond acceptors (Lipinski definition) is 1. The molecule has 0 spiro atoms. The van der Waals surface area contributed by atoms with Crippen molar-refractivity contribution in [2.75, 3.05) is 0 Å². The largest absolute Gasteiger partial charge is 0.245 e. The molecule has 0 bridgehead atoms. The van der Waals surface area contributed by atoms with Crippen LogP contribution in [-0.4, -0.2) is 9.78 Å². The fourth-order valence-electron chi connectivity index (χ4n) is 4.22. The van der Waals surface area contributed by atoms with Gasteiger partial charge in [0.2, 0.25) is 11.2 Å². The van der Waals surface area contributed by atoms with Gasteiger partial charge in [0.25, 0.3) is 0 Å². The van der Waals surface area contributed by atoms with E-state index in [1.54, 1.807) is 0 Å². The lowest BCUT2D eigenvalue weighted by Gasteiger charge is -2.45. The standard InChI is InChI=1S/C21H30N3/c1-8-20(7)21(9-2,10-3)23-14-12-11-13-16(23)17-15-18(19(4,5)6)22-24(17)20/h9,11-15H,2,8,10H2,1,3-7H3/q+1. The number of rotatable bonds is 3. The molecule has 2 unspecified atom stereocenters. The molecule has 1 aliphatic heterocycles. The molecule has 2 aromatic rings. The van der Waals surface area contributed by atoms with Crippen LogP contribution < -0.4 is 4.57 Å². The first-order valence-electron chi connectivity index (χ1n) is 9.01. The van der Waals surface area contributed by atoms with Gasteiger partial charge in [-0.1, -0.05) is 41.2 Å². The van der Waals surface area contributed by atoms with Gasteiger partial charge in [0.15, 0.2) is 6.20 Å². The molecule has 0 N–H and O–H groups in total. The Morgan fingerprint density at radius 2 is 1.96 bits per heavy atom. The van der Waals surface area contributed by atoms with Crippen molar-refractivity contribution in [3.05, 3.63) is 48.8 Å². The van der Waals surface area contributed by atoms with Crippen LogP contribution in [0.2, 0.25) is 0 Å². The summed E-state index contributed by atoms with van der Waals surface area (Å²) < 4.78 is 4.68. The zero-order valence-electron chi connectivity index (χ0n) is 15.9. The Kier molecular flexibility index (Phi) is 3.74. The van der Waals surface area contributed by atoms with Crippen LogP contribution >= 0.6 is 0 Å². The minimum absolute atomic E-state index is 0.0294. The first-order chi connectivity index (χ1) is 11.2. The lowest BCUT2D eigenvalue weighted by atomic mass is 9.72. The van der Waals surface area contributed by atoms with Crippen molar-refractivity contribution < 1.29 is 4.57 Å². The van der Waals surface area contributed by atoms with Crippen molar-refractivity contribution in [3.8, 4) is 11.4 Å². The Labute approximate surface area is 146 Å². The quantitative estimate of drug-likeness (QED) is 0.599. The van der Waals surface area contributed by atoms with E-state index in [2.05, 4.69) is 93.9 Å². The molecule has 3 rings (SSSR count). The molecular weight excluding hydrogens is 294 g/mol. The summed E-state index contributed by atoms with van der Waals surface area (Å²) in [7, 11) is 0. The van der Waals surface area contributed by atoms with Crippen molar-refractivity contribution in [1.29, 1.82) is 0 Å². The van der Waals surface area contributed by atoms with Crippen LogP contribution in [0.1, 0.15) is 60.1 Å². The second-order valence-corrected chi connectivity index (χ2v) is 8.14. The van der Waals surface area contributed by atoms with Crippen LogP contribution in [0.5, 0.6) is 0 Å². The summed E-state index contributed by atoms with van der Waals surface area (Å²) in [6.07, 6.45) is 6.29. The van der Waals surface area contributed by atoms with Crippen molar-refractivity contribution in [2.45, 2.75) is 70.9 Å². The monoisotopic (exact) mass is 324 g/mol. The van der Waals surface area contributed by atoms with E-state index in [1.807, 2.05) is 0 Å². The topological polar surface area (TPSA) is 21.7 Å². The molecule has 0 radical (unpaired) electrons. The van der Waals surface area contributed by atoms with Crippen LogP contribution in [0.15, 0.2) is 43.1 Å². The second kappa shape index (κ2) is 5.30. The maximum absolute atomic E-state index is 5.09. The van der Waals surface area contributed by atoms with Gasteiger partial charge in [0, 0.05) is 24.0 Å². The zero-order valence-corrected chi connectivity index (χ0v) is 15.9. The summed E-state index contributed by atoms with van der Waals surface area (Å²) in [5.74, 6) is 0. The van der Waals surface area contributed by atoms with E-state index < -0.39 is 0 Å². The van der Waals surface area contributed by atoms with E-state index in [-0.39, 0.29) is 16.5 Å². The average Bonchev–Trinajstić information content (AvgIpc) is 3.02. The van der Waals surface area contributed by atoms with Gasteiger partial charge in [-0.15, -0.1) is 0 Å². The molecule has 3 heterocycles. The van der Waals surface area contributed by atoms with Gasteiger partial charge in [-0.3, -0.25) is 0 Å². The molecule has 0 saturated carbocycles. The molecule has 0 aromatic carbocycles. The smallest absolute Gasteiger partial charge is 0.231 e. The van der Waals surface area contributed by atoms with Crippen LogP contribution in [0.25, 0.3) is 11.4 Å². The zero-order chi connectivity index (χ0) is 17.8. The third kappa shape index (κ3) is 1.96. The average molecular weight is 324 g/mol. The number of allylic oxidation sites excluding steroid dienone is 1. The lowest BCUT2D eigenvalue weighted by molar-refractivity contribution is -0.761. The highest BCUT2D eigenvalue weighted by atomic mass is 15.4. The fraction of sp³-hybridized carbons (Fsp3) is 0.524. The number of aromatic nitrogens is 3. The third-order valence-electron chi connectivity index (χ3n) is 6.00. The van der Waals surface area contributed by atoms with E-state index in [0.29, 0.717) is 0 Å². The second-order valence-electron chi connectivity index (χ2n) is 8.14.